The van der Waals surface area contributed by atoms with Crippen molar-refractivity contribution in [3.63, 3.8) is 0 Å². The number of likely N-dealkylation sites (N-methyl/N-ethyl adjacent to an activating group) is 1. The van der Waals surface area contributed by atoms with E-state index in [2.05, 4.69) is 45.5 Å². The number of aryl methyl sites for hydroxylation is 1. The van der Waals surface area contributed by atoms with Crippen LogP contribution in [-0.4, -0.2) is 79.5 Å². The van der Waals surface area contributed by atoms with Gasteiger partial charge in [-0.1, -0.05) is 0 Å². The molecular weight excluding hydrogens is 431 g/mol. The van der Waals surface area contributed by atoms with E-state index in [9.17, 15) is 0 Å². The van der Waals surface area contributed by atoms with Crippen LogP contribution in [0.4, 0.5) is 0 Å². The van der Waals surface area contributed by atoms with Gasteiger partial charge >= 0.3 is 0 Å². The molecule has 0 saturated carbocycles. The number of hydrogen-bond acceptors (Lipinski definition) is 4. The molecule has 3 rings (SSSR count). The number of guanidine groups is 1. The van der Waals surface area contributed by atoms with E-state index in [1.165, 1.54) is 18.4 Å². The third-order valence-electron chi connectivity index (χ3n) is 5.32. The first kappa shape index (κ1) is 20.4. The first-order chi connectivity index (χ1) is 11.5. The van der Waals surface area contributed by atoms with E-state index in [0.717, 1.165) is 38.8 Å². The van der Waals surface area contributed by atoms with Crippen LogP contribution < -0.4 is 5.32 Å². The highest BCUT2D eigenvalue weighted by molar-refractivity contribution is 14.0. The summed E-state index contributed by atoms with van der Waals surface area (Å²) in [4.78, 5) is 9.10. The molecule has 25 heavy (non-hydrogen) atoms. The molecule has 2 aliphatic heterocycles. The van der Waals surface area contributed by atoms with Crippen LogP contribution >= 0.6 is 24.0 Å². The maximum absolute atomic E-state index is 5.63. The molecule has 1 spiro atoms. The fourth-order valence-electron chi connectivity index (χ4n) is 3.82. The first-order valence-corrected chi connectivity index (χ1v) is 8.71. The summed E-state index contributed by atoms with van der Waals surface area (Å²) in [7, 11) is 8.02. The van der Waals surface area contributed by atoms with Crippen LogP contribution in [0.1, 0.15) is 24.4 Å². The summed E-state index contributed by atoms with van der Waals surface area (Å²) in [6.07, 6.45) is 6.40. The van der Waals surface area contributed by atoms with Gasteiger partial charge in [0.25, 0.3) is 0 Å². The van der Waals surface area contributed by atoms with Crippen LogP contribution in [0.15, 0.2) is 17.4 Å². The Kier molecular flexibility index (Phi) is 7.10. The van der Waals surface area contributed by atoms with Crippen molar-refractivity contribution >= 4 is 29.9 Å². The van der Waals surface area contributed by atoms with Gasteiger partial charge in [-0.15, -0.1) is 24.0 Å². The Balaban J connectivity index is 0.00000225. The van der Waals surface area contributed by atoms with Crippen molar-refractivity contribution in [3.05, 3.63) is 18.0 Å². The van der Waals surface area contributed by atoms with Crippen molar-refractivity contribution in [2.45, 2.75) is 18.9 Å². The van der Waals surface area contributed by atoms with E-state index in [4.69, 9.17) is 4.74 Å². The topological polar surface area (TPSA) is 57.9 Å². The monoisotopic (exact) mass is 462 g/mol. The van der Waals surface area contributed by atoms with Crippen molar-refractivity contribution in [3.8, 4) is 0 Å². The number of ether oxygens (including phenoxy) is 1. The molecule has 2 unspecified atom stereocenters. The summed E-state index contributed by atoms with van der Waals surface area (Å²) in [6.45, 7) is 4.72. The van der Waals surface area contributed by atoms with Crippen molar-refractivity contribution in [1.82, 2.24) is 24.9 Å². The zero-order valence-electron chi connectivity index (χ0n) is 15.7. The van der Waals surface area contributed by atoms with E-state index < -0.39 is 0 Å². The second kappa shape index (κ2) is 8.68. The number of nitrogens with zero attached hydrogens (tertiary/aromatic N) is 5. The molecule has 2 atom stereocenters. The van der Waals surface area contributed by atoms with Crippen molar-refractivity contribution in [1.29, 1.82) is 0 Å². The van der Waals surface area contributed by atoms with Crippen molar-refractivity contribution in [2.75, 3.05) is 54.0 Å². The Bertz CT molecular complexity index is 581. The highest BCUT2D eigenvalue weighted by Crippen LogP contribution is 2.38. The zero-order chi connectivity index (χ0) is 17.2. The molecule has 1 aromatic heterocycles. The zero-order valence-corrected chi connectivity index (χ0v) is 18.1. The molecule has 0 aromatic carbocycles. The highest BCUT2D eigenvalue weighted by atomic mass is 127. The Hall–Kier alpha value is -0.870. The molecule has 0 bridgehead atoms. The summed E-state index contributed by atoms with van der Waals surface area (Å²) in [5.74, 6) is 0.995. The number of hydrogen-bond donors (Lipinski definition) is 1. The molecule has 1 N–H and O–H groups in total. The Morgan fingerprint density at radius 2 is 2.28 bits per heavy atom. The average molecular weight is 462 g/mol. The number of likely N-dealkylation sites (tertiary alicyclic amines) is 1. The van der Waals surface area contributed by atoms with Gasteiger partial charge in [-0.3, -0.25) is 9.67 Å². The average Bonchev–Trinajstić information content (AvgIpc) is 3.27. The molecule has 1 aromatic rings. The predicted molar refractivity (Wildman–Crippen MR) is 110 cm³/mol. The standard InChI is InChI=1S/C17H30N6O.HI/c1-18-16(23-7-5-17(12-23)6-8-24-13-17)19-10-15(21(2)3)14-9-20-22(4)11-14;/h9,11,15H,5-8,10,12-13H2,1-4H3,(H,18,19);1H. The molecule has 7 nitrogen and oxygen atoms in total. The lowest BCUT2D eigenvalue weighted by Crippen LogP contribution is -2.44. The van der Waals surface area contributed by atoms with Gasteiger partial charge in [0.15, 0.2) is 5.96 Å². The summed E-state index contributed by atoms with van der Waals surface area (Å²) < 4.78 is 7.48. The maximum atomic E-state index is 5.63. The van der Waals surface area contributed by atoms with Gasteiger partial charge in [-0.05, 0) is 26.9 Å². The van der Waals surface area contributed by atoms with Gasteiger partial charge in [-0.25, -0.2) is 0 Å². The fraction of sp³-hybridized carbons (Fsp3) is 0.765. The van der Waals surface area contributed by atoms with Crippen molar-refractivity contribution < 1.29 is 4.74 Å². The molecule has 8 heteroatoms. The molecule has 0 amide bonds. The van der Waals surface area contributed by atoms with Crippen LogP contribution in [0, 0.1) is 5.41 Å². The predicted octanol–water partition coefficient (Wildman–Crippen LogP) is 1.33. The van der Waals surface area contributed by atoms with Gasteiger partial charge in [-0.2, -0.15) is 5.10 Å². The largest absolute Gasteiger partial charge is 0.381 e. The third kappa shape index (κ3) is 4.65. The molecule has 3 heterocycles. The molecule has 0 aliphatic carbocycles. The van der Waals surface area contributed by atoms with Gasteiger partial charge in [0.1, 0.15) is 0 Å². The Morgan fingerprint density at radius 1 is 1.48 bits per heavy atom. The summed E-state index contributed by atoms with van der Waals surface area (Å²) in [6, 6.07) is 0.266. The normalized spacial score (nSPS) is 24.8. The smallest absolute Gasteiger partial charge is 0.193 e. The maximum Gasteiger partial charge on any atom is 0.193 e. The van der Waals surface area contributed by atoms with E-state index in [-0.39, 0.29) is 30.0 Å². The van der Waals surface area contributed by atoms with E-state index in [1.807, 2.05) is 25.0 Å². The molecule has 2 aliphatic rings. The number of nitrogens with one attached hydrogen (secondary N) is 1. The summed E-state index contributed by atoms with van der Waals surface area (Å²) in [5.41, 5.74) is 1.56. The molecular formula is C17H31IN6O. The second-order valence-corrected chi connectivity index (χ2v) is 7.33. The second-order valence-electron chi connectivity index (χ2n) is 7.33. The Morgan fingerprint density at radius 3 is 2.84 bits per heavy atom. The number of aromatic nitrogens is 2. The minimum absolute atomic E-state index is 0. The minimum Gasteiger partial charge on any atom is -0.381 e. The van der Waals surface area contributed by atoms with Crippen LogP contribution in [0.3, 0.4) is 0 Å². The third-order valence-corrected chi connectivity index (χ3v) is 5.32. The van der Waals surface area contributed by atoms with E-state index in [1.54, 1.807) is 0 Å². The Labute approximate surface area is 167 Å². The minimum atomic E-state index is 0. The van der Waals surface area contributed by atoms with Crippen LogP contribution in [0.2, 0.25) is 0 Å². The van der Waals surface area contributed by atoms with E-state index >= 15 is 0 Å². The van der Waals surface area contributed by atoms with Gasteiger partial charge in [0.2, 0.25) is 0 Å². The number of halogens is 1. The molecule has 2 fully saturated rings. The van der Waals surface area contributed by atoms with Crippen LogP contribution in [0.25, 0.3) is 0 Å². The lowest BCUT2D eigenvalue weighted by atomic mass is 9.87. The molecule has 2 saturated heterocycles. The summed E-state index contributed by atoms with van der Waals surface area (Å²) >= 11 is 0. The first-order valence-electron chi connectivity index (χ1n) is 8.71. The highest BCUT2D eigenvalue weighted by Gasteiger charge is 2.42. The SMILES string of the molecule is CN=C(NCC(c1cnn(C)c1)N(C)C)N1CCC2(CCOC2)C1.I. The van der Waals surface area contributed by atoms with Gasteiger partial charge < -0.3 is 19.9 Å². The molecule has 0 radical (unpaired) electrons. The van der Waals surface area contributed by atoms with E-state index in [0.29, 0.717) is 5.41 Å². The quantitative estimate of drug-likeness (QED) is 0.416. The lowest BCUT2D eigenvalue weighted by Gasteiger charge is -2.28. The fourth-order valence-corrected chi connectivity index (χ4v) is 3.82. The van der Waals surface area contributed by atoms with Crippen LogP contribution in [0.5, 0.6) is 0 Å². The van der Waals surface area contributed by atoms with Gasteiger partial charge in [0.05, 0.1) is 18.8 Å². The number of aliphatic imine (C=N–C) groups is 1. The van der Waals surface area contributed by atoms with Crippen LogP contribution in [-0.2, 0) is 11.8 Å². The summed E-state index contributed by atoms with van der Waals surface area (Å²) in [5, 5.41) is 7.86. The van der Waals surface area contributed by atoms with Crippen molar-refractivity contribution in [2.24, 2.45) is 17.5 Å². The number of rotatable bonds is 4. The lowest BCUT2D eigenvalue weighted by molar-refractivity contribution is 0.156. The molecule has 142 valence electrons. The van der Waals surface area contributed by atoms with Gasteiger partial charge in [0, 0.05) is 57.5 Å².